The molecule has 4 rings (SSSR count). The van der Waals surface area contributed by atoms with E-state index in [4.69, 9.17) is 9.47 Å². The van der Waals surface area contributed by atoms with E-state index in [0.29, 0.717) is 39.4 Å². The average molecular weight is 442 g/mol. The van der Waals surface area contributed by atoms with E-state index in [9.17, 15) is 13.2 Å². The fourth-order valence-electron chi connectivity index (χ4n) is 3.46. The summed E-state index contributed by atoms with van der Waals surface area (Å²) in [7, 11) is -0.166. The van der Waals surface area contributed by atoms with Crippen LogP contribution in [0.1, 0.15) is 0 Å². The number of hydrogen-bond acceptors (Lipinski definition) is 7. The van der Waals surface area contributed by atoms with E-state index in [1.54, 1.807) is 12.1 Å². The molecule has 2 aromatic heterocycles. The maximum Gasteiger partial charge on any atom is 0.261 e. The van der Waals surface area contributed by atoms with Gasteiger partial charge >= 0.3 is 0 Å². The van der Waals surface area contributed by atoms with Crippen LogP contribution in [0, 0.1) is 0 Å². The Balaban J connectivity index is 1.97. The lowest BCUT2D eigenvalue weighted by molar-refractivity contribution is 0.356. The number of ether oxygens (including phenoxy) is 2. The first kappa shape index (κ1) is 20.7. The fourth-order valence-corrected chi connectivity index (χ4v) is 3.94. The SMILES string of the molecule is COc1cc2[nH]c(=O)c(-c3nc4ccccc4[nH]3)c(NCCS(C)(=O)=O)c2cc1OC. The van der Waals surface area contributed by atoms with Crippen LogP contribution >= 0.6 is 0 Å². The van der Waals surface area contributed by atoms with Crippen LogP contribution < -0.4 is 20.3 Å². The number of H-pyrrole nitrogens is 2. The molecule has 0 fully saturated rings. The molecule has 0 spiro atoms. The van der Waals surface area contributed by atoms with Gasteiger partial charge in [0.15, 0.2) is 11.5 Å². The zero-order valence-electron chi connectivity index (χ0n) is 17.3. The monoisotopic (exact) mass is 442 g/mol. The number of para-hydroxylation sites is 2. The van der Waals surface area contributed by atoms with Gasteiger partial charge in [-0.25, -0.2) is 13.4 Å². The maximum absolute atomic E-state index is 13.1. The Morgan fingerprint density at radius 3 is 2.42 bits per heavy atom. The number of hydrogen-bond donors (Lipinski definition) is 3. The number of sulfone groups is 1. The van der Waals surface area contributed by atoms with Crippen LogP contribution in [-0.4, -0.2) is 56.1 Å². The van der Waals surface area contributed by atoms with Gasteiger partial charge in [0.05, 0.1) is 42.2 Å². The lowest BCUT2D eigenvalue weighted by atomic mass is 10.1. The molecule has 0 unspecified atom stereocenters. The molecular weight excluding hydrogens is 420 g/mol. The summed E-state index contributed by atoms with van der Waals surface area (Å²) >= 11 is 0. The molecule has 0 saturated carbocycles. The Hall–Kier alpha value is -3.53. The first-order valence-electron chi connectivity index (χ1n) is 9.49. The first-order chi connectivity index (χ1) is 14.8. The van der Waals surface area contributed by atoms with Gasteiger partial charge in [-0.3, -0.25) is 4.79 Å². The molecule has 0 radical (unpaired) electrons. The Bertz CT molecular complexity index is 1410. The van der Waals surface area contributed by atoms with E-state index in [0.717, 1.165) is 5.52 Å². The van der Waals surface area contributed by atoms with Gasteiger partial charge in [-0.15, -0.1) is 0 Å². The third kappa shape index (κ3) is 4.06. The van der Waals surface area contributed by atoms with E-state index in [-0.39, 0.29) is 23.4 Å². The minimum absolute atomic E-state index is 0.0891. The zero-order valence-corrected chi connectivity index (χ0v) is 18.1. The number of fused-ring (bicyclic) bond motifs is 2. The molecule has 0 amide bonds. The van der Waals surface area contributed by atoms with Crippen molar-refractivity contribution in [2.75, 3.05) is 38.1 Å². The van der Waals surface area contributed by atoms with Gasteiger partial charge in [0, 0.05) is 24.3 Å². The Morgan fingerprint density at radius 1 is 1.03 bits per heavy atom. The molecule has 2 aromatic carbocycles. The van der Waals surface area contributed by atoms with Gasteiger partial charge < -0.3 is 24.8 Å². The number of nitrogens with one attached hydrogen (secondary N) is 3. The molecule has 2 heterocycles. The molecule has 162 valence electrons. The van der Waals surface area contributed by atoms with E-state index in [2.05, 4.69) is 20.3 Å². The Kier molecular flexibility index (Phi) is 5.32. The summed E-state index contributed by atoms with van der Waals surface area (Å²) in [6.45, 7) is 0.124. The zero-order chi connectivity index (χ0) is 22.2. The second-order valence-corrected chi connectivity index (χ2v) is 9.38. The molecule has 3 N–H and O–H groups in total. The van der Waals surface area contributed by atoms with Crippen LogP contribution in [0.4, 0.5) is 5.69 Å². The summed E-state index contributed by atoms with van der Waals surface area (Å²) in [5.41, 5.74) is 2.38. The van der Waals surface area contributed by atoms with Crippen molar-refractivity contribution in [1.29, 1.82) is 0 Å². The van der Waals surface area contributed by atoms with Crippen molar-refractivity contribution in [2.24, 2.45) is 0 Å². The molecule has 0 atom stereocenters. The summed E-state index contributed by atoms with van der Waals surface area (Å²) in [5.74, 6) is 1.22. The van der Waals surface area contributed by atoms with E-state index < -0.39 is 9.84 Å². The standard InChI is InChI=1S/C21H22N4O5S/c1-29-16-10-12-15(11-17(16)30-2)25-21(26)18(19(12)22-8-9-31(3,27)28)20-23-13-6-4-5-7-14(13)24-20/h4-7,10-11H,8-9H2,1-3H3,(H,23,24)(H2,22,25,26). The van der Waals surface area contributed by atoms with Crippen molar-refractivity contribution in [3.63, 3.8) is 0 Å². The van der Waals surface area contributed by atoms with Crippen molar-refractivity contribution in [1.82, 2.24) is 15.0 Å². The van der Waals surface area contributed by atoms with Crippen molar-refractivity contribution in [3.05, 3.63) is 46.8 Å². The van der Waals surface area contributed by atoms with Gasteiger partial charge in [0.2, 0.25) is 0 Å². The number of rotatable bonds is 7. The smallest absolute Gasteiger partial charge is 0.261 e. The van der Waals surface area contributed by atoms with Crippen LogP contribution in [0.25, 0.3) is 33.3 Å². The number of aromatic nitrogens is 3. The molecule has 0 bridgehead atoms. The number of imidazole rings is 1. The van der Waals surface area contributed by atoms with E-state index >= 15 is 0 Å². The minimum atomic E-state index is -3.20. The third-order valence-electron chi connectivity index (χ3n) is 4.92. The largest absolute Gasteiger partial charge is 0.493 e. The van der Waals surface area contributed by atoms with Crippen molar-refractivity contribution in [3.8, 4) is 22.9 Å². The molecule has 0 aliphatic carbocycles. The van der Waals surface area contributed by atoms with Gasteiger partial charge in [0.1, 0.15) is 21.2 Å². The summed E-state index contributed by atoms with van der Waals surface area (Å²) < 4.78 is 34.0. The maximum atomic E-state index is 13.1. The normalized spacial score (nSPS) is 11.7. The first-order valence-corrected chi connectivity index (χ1v) is 11.6. The molecule has 10 heteroatoms. The fraction of sp³-hybridized carbons (Fsp3) is 0.238. The van der Waals surface area contributed by atoms with Crippen LogP contribution in [0.15, 0.2) is 41.2 Å². The predicted molar refractivity (Wildman–Crippen MR) is 121 cm³/mol. The topological polar surface area (TPSA) is 126 Å². The molecule has 0 aliphatic rings. The van der Waals surface area contributed by atoms with Gasteiger partial charge in [0.25, 0.3) is 5.56 Å². The number of pyridine rings is 1. The summed E-state index contributed by atoms with van der Waals surface area (Å²) in [4.78, 5) is 23.7. The molecule has 0 saturated heterocycles. The highest BCUT2D eigenvalue weighted by Crippen LogP contribution is 2.37. The van der Waals surface area contributed by atoms with E-state index in [1.165, 1.54) is 20.5 Å². The minimum Gasteiger partial charge on any atom is -0.493 e. The predicted octanol–water partition coefficient (Wildman–Crippen LogP) is 2.55. The summed E-state index contributed by atoms with van der Waals surface area (Å²) in [6.07, 6.45) is 1.17. The summed E-state index contributed by atoms with van der Waals surface area (Å²) in [5, 5.41) is 3.77. The lowest BCUT2D eigenvalue weighted by Crippen LogP contribution is -2.19. The number of methoxy groups -OCH3 is 2. The number of anilines is 1. The van der Waals surface area contributed by atoms with Crippen LogP contribution in [0.5, 0.6) is 11.5 Å². The van der Waals surface area contributed by atoms with Crippen LogP contribution in [0.3, 0.4) is 0 Å². The second kappa shape index (κ2) is 7.95. The van der Waals surface area contributed by atoms with E-state index in [1.807, 2.05) is 24.3 Å². The second-order valence-electron chi connectivity index (χ2n) is 7.12. The van der Waals surface area contributed by atoms with Crippen molar-refractivity contribution >= 4 is 37.5 Å². The van der Waals surface area contributed by atoms with Crippen LogP contribution in [0.2, 0.25) is 0 Å². The Labute approximate surface area is 178 Å². The van der Waals surface area contributed by atoms with Crippen LogP contribution in [-0.2, 0) is 9.84 Å². The highest BCUT2D eigenvalue weighted by Gasteiger charge is 2.20. The highest BCUT2D eigenvalue weighted by atomic mass is 32.2. The van der Waals surface area contributed by atoms with Gasteiger partial charge in [-0.05, 0) is 18.2 Å². The number of benzene rings is 2. The van der Waals surface area contributed by atoms with Crippen molar-refractivity contribution < 1.29 is 17.9 Å². The lowest BCUT2D eigenvalue weighted by Gasteiger charge is -2.15. The molecule has 0 aliphatic heterocycles. The molecule has 9 nitrogen and oxygen atoms in total. The summed E-state index contributed by atoms with van der Waals surface area (Å²) in [6, 6.07) is 10.8. The van der Waals surface area contributed by atoms with Gasteiger partial charge in [-0.2, -0.15) is 0 Å². The molecular formula is C21H22N4O5S. The molecule has 4 aromatic rings. The highest BCUT2D eigenvalue weighted by molar-refractivity contribution is 7.90. The van der Waals surface area contributed by atoms with Crippen molar-refractivity contribution in [2.45, 2.75) is 0 Å². The average Bonchev–Trinajstić information content (AvgIpc) is 3.15. The quantitative estimate of drug-likeness (QED) is 0.401. The Morgan fingerprint density at radius 2 is 1.74 bits per heavy atom. The number of nitrogens with zero attached hydrogens (tertiary/aromatic N) is 1. The third-order valence-corrected chi connectivity index (χ3v) is 5.86. The number of aromatic amines is 2. The van der Waals surface area contributed by atoms with Gasteiger partial charge in [-0.1, -0.05) is 12.1 Å². The molecule has 31 heavy (non-hydrogen) atoms.